The highest BCUT2D eigenvalue weighted by Gasteiger charge is 2.26. The zero-order valence-corrected chi connectivity index (χ0v) is 16.6. The van der Waals surface area contributed by atoms with Crippen LogP contribution in [0.15, 0.2) is 54.9 Å². The number of hydrogen-bond acceptors (Lipinski definition) is 5. The zero-order chi connectivity index (χ0) is 20.1. The van der Waals surface area contributed by atoms with Gasteiger partial charge in [0.25, 0.3) is 5.91 Å². The number of ether oxygens (including phenoxy) is 1. The molecule has 0 N–H and O–H groups in total. The van der Waals surface area contributed by atoms with Crippen molar-refractivity contribution in [1.29, 1.82) is 0 Å². The summed E-state index contributed by atoms with van der Waals surface area (Å²) in [5.41, 5.74) is 3.64. The number of likely N-dealkylation sites (tertiary alicyclic amines) is 1. The van der Waals surface area contributed by atoms with E-state index >= 15 is 0 Å². The summed E-state index contributed by atoms with van der Waals surface area (Å²) in [4.78, 5) is 19.0. The number of carbonyl (C=O) groups excluding carboxylic acids is 1. The van der Waals surface area contributed by atoms with E-state index in [9.17, 15) is 4.79 Å². The first-order valence-electron chi connectivity index (χ1n) is 9.94. The summed E-state index contributed by atoms with van der Waals surface area (Å²) >= 11 is 0. The van der Waals surface area contributed by atoms with Gasteiger partial charge in [-0.15, -0.1) is 5.10 Å². The van der Waals surface area contributed by atoms with Gasteiger partial charge in [-0.05, 0) is 43.0 Å². The van der Waals surface area contributed by atoms with E-state index in [2.05, 4.69) is 34.4 Å². The number of aryl methyl sites for hydroxylation is 1. The van der Waals surface area contributed by atoms with E-state index in [4.69, 9.17) is 4.74 Å². The van der Waals surface area contributed by atoms with Crippen molar-refractivity contribution < 1.29 is 9.53 Å². The molecule has 1 unspecified atom stereocenters. The molecular weight excluding hydrogens is 366 g/mol. The van der Waals surface area contributed by atoms with Gasteiger partial charge < -0.3 is 9.64 Å². The Morgan fingerprint density at radius 1 is 1.21 bits per heavy atom. The zero-order valence-electron chi connectivity index (χ0n) is 16.6. The van der Waals surface area contributed by atoms with Crippen LogP contribution in [0.4, 0.5) is 0 Å². The van der Waals surface area contributed by atoms with E-state index in [-0.39, 0.29) is 12.0 Å². The molecule has 1 aliphatic heterocycles. The van der Waals surface area contributed by atoms with E-state index in [1.165, 1.54) is 5.56 Å². The molecule has 3 aromatic rings. The van der Waals surface area contributed by atoms with Gasteiger partial charge in [0.1, 0.15) is 0 Å². The third-order valence-corrected chi connectivity index (χ3v) is 5.21. The molecule has 7 nitrogen and oxygen atoms in total. The van der Waals surface area contributed by atoms with Crippen molar-refractivity contribution in [2.24, 2.45) is 0 Å². The quantitative estimate of drug-likeness (QED) is 0.646. The lowest BCUT2D eigenvalue weighted by molar-refractivity contribution is -0.00801. The molecule has 1 aliphatic rings. The van der Waals surface area contributed by atoms with Crippen LogP contribution in [-0.2, 0) is 17.9 Å². The Balaban J connectivity index is 1.35. The molecule has 1 saturated heterocycles. The third kappa shape index (κ3) is 4.86. The molecule has 4 rings (SSSR count). The Kier molecular flexibility index (Phi) is 5.95. The van der Waals surface area contributed by atoms with Crippen LogP contribution in [0.5, 0.6) is 0 Å². The van der Waals surface area contributed by atoms with Gasteiger partial charge in [-0.2, -0.15) is 0 Å². The predicted molar refractivity (Wildman–Crippen MR) is 108 cm³/mol. The van der Waals surface area contributed by atoms with Crippen molar-refractivity contribution >= 4 is 5.91 Å². The topological polar surface area (TPSA) is 73.1 Å². The number of carbonyl (C=O) groups is 1. The minimum Gasteiger partial charge on any atom is -0.370 e. The smallest absolute Gasteiger partial charge is 0.276 e. The van der Waals surface area contributed by atoms with Crippen molar-refractivity contribution in [1.82, 2.24) is 24.9 Å². The second kappa shape index (κ2) is 8.96. The fourth-order valence-corrected chi connectivity index (χ4v) is 3.54. The first-order valence-corrected chi connectivity index (χ1v) is 9.94. The monoisotopic (exact) mass is 391 g/mol. The number of amides is 1. The summed E-state index contributed by atoms with van der Waals surface area (Å²) in [5, 5.41) is 8.25. The van der Waals surface area contributed by atoms with E-state index in [1.807, 2.05) is 35.2 Å². The molecule has 1 amide bonds. The minimum absolute atomic E-state index is 0.0109. The van der Waals surface area contributed by atoms with Crippen LogP contribution in [-0.4, -0.2) is 50.0 Å². The first-order chi connectivity index (χ1) is 14.2. The van der Waals surface area contributed by atoms with Gasteiger partial charge in [-0.1, -0.05) is 35.5 Å². The van der Waals surface area contributed by atoms with E-state index in [0.717, 1.165) is 24.1 Å². The van der Waals surface area contributed by atoms with Crippen LogP contribution in [0.2, 0.25) is 0 Å². The first kappa shape index (κ1) is 19.3. The molecule has 0 bridgehead atoms. The molecule has 150 valence electrons. The van der Waals surface area contributed by atoms with Crippen molar-refractivity contribution in [3.05, 3.63) is 77.4 Å². The fraction of sp³-hybridized carbons (Fsp3) is 0.364. The predicted octanol–water partition coefficient (Wildman–Crippen LogP) is 2.85. The molecule has 7 heteroatoms. The second-order valence-corrected chi connectivity index (χ2v) is 7.38. The SMILES string of the molecule is Cc1ccccc1Cn1cc(C(=O)N2CCCC(OCc3ccccn3)C2)nn1. The summed E-state index contributed by atoms with van der Waals surface area (Å²) in [5.74, 6) is -0.0906. The molecular formula is C22H25N5O2. The number of nitrogens with zero attached hydrogens (tertiary/aromatic N) is 5. The molecule has 2 aromatic heterocycles. The van der Waals surface area contributed by atoms with Gasteiger partial charge in [0, 0.05) is 19.3 Å². The number of piperidine rings is 1. The lowest BCUT2D eigenvalue weighted by Crippen LogP contribution is -2.43. The van der Waals surface area contributed by atoms with Crippen LogP contribution < -0.4 is 0 Å². The number of hydrogen-bond donors (Lipinski definition) is 0. The summed E-state index contributed by atoms with van der Waals surface area (Å²) in [7, 11) is 0. The maximum absolute atomic E-state index is 12.9. The second-order valence-electron chi connectivity index (χ2n) is 7.38. The molecule has 3 heterocycles. The average Bonchev–Trinajstić information content (AvgIpc) is 3.23. The van der Waals surface area contributed by atoms with E-state index in [1.54, 1.807) is 17.1 Å². The average molecular weight is 391 g/mol. The highest BCUT2D eigenvalue weighted by molar-refractivity contribution is 5.92. The van der Waals surface area contributed by atoms with Gasteiger partial charge in [0.15, 0.2) is 5.69 Å². The highest BCUT2D eigenvalue weighted by Crippen LogP contribution is 2.17. The molecule has 29 heavy (non-hydrogen) atoms. The molecule has 0 saturated carbocycles. The van der Waals surface area contributed by atoms with Gasteiger partial charge in [-0.25, -0.2) is 4.68 Å². The number of benzene rings is 1. The summed E-state index contributed by atoms with van der Waals surface area (Å²) < 4.78 is 7.70. The van der Waals surface area contributed by atoms with Gasteiger partial charge in [0.05, 0.1) is 31.1 Å². The molecule has 1 fully saturated rings. The van der Waals surface area contributed by atoms with Crippen LogP contribution in [0.25, 0.3) is 0 Å². The number of rotatable bonds is 6. The summed E-state index contributed by atoms with van der Waals surface area (Å²) in [6, 6.07) is 13.9. The Labute approximate surface area is 170 Å². The van der Waals surface area contributed by atoms with Crippen molar-refractivity contribution in [2.75, 3.05) is 13.1 Å². The molecule has 0 aliphatic carbocycles. The third-order valence-electron chi connectivity index (χ3n) is 5.21. The number of pyridine rings is 1. The van der Waals surface area contributed by atoms with Gasteiger partial charge in [0.2, 0.25) is 0 Å². The Morgan fingerprint density at radius 2 is 2.07 bits per heavy atom. The lowest BCUT2D eigenvalue weighted by atomic mass is 10.1. The van der Waals surface area contributed by atoms with Crippen molar-refractivity contribution in [3.8, 4) is 0 Å². The maximum Gasteiger partial charge on any atom is 0.276 e. The van der Waals surface area contributed by atoms with E-state index < -0.39 is 0 Å². The fourth-order valence-electron chi connectivity index (χ4n) is 3.54. The maximum atomic E-state index is 12.9. The van der Waals surface area contributed by atoms with Crippen molar-refractivity contribution in [2.45, 2.75) is 39.0 Å². The summed E-state index contributed by atoms with van der Waals surface area (Å²) in [6.07, 6.45) is 5.35. The standard InChI is InChI=1S/C22H25N5O2/c1-17-7-2-3-8-18(17)13-27-15-21(24-25-27)22(28)26-12-6-10-20(14-26)29-16-19-9-4-5-11-23-19/h2-5,7-9,11,15,20H,6,10,12-14,16H2,1H3. The van der Waals surface area contributed by atoms with Crippen LogP contribution in [0.1, 0.15) is 40.2 Å². The van der Waals surface area contributed by atoms with Gasteiger partial charge >= 0.3 is 0 Å². The number of aromatic nitrogens is 4. The Morgan fingerprint density at radius 3 is 2.90 bits per heavy atom. The van der Waals surface area contributed by atoms with Gasteiger partial charge in [-0.3, -0.25) is 9.78 Å². The van der Waals surface area contributed by atoms with E-state index in [0.29, 0.717) is 31.9 Å². The molecule has 1 aromatic carbocycles. The largest absolute Gasteiger partial charge is 0.370 e. The minimum atomic E-state index is -0.0906. The molecule has 0 radical (unpaired) electrons. The molecule has 0 spiro atoms. The lowest BCUT2D eigenvalue weighted by Gasteiger charge is -2.32. The van der Waals surface area contributed by atoms with Crippen molar-refractivity contribution in [3.63, 3.8) is 0 Å². The Bertz CT molecular complexity index is 957. The summed E-state index contributed by atoms with van der Waals surface area (Å²) in [6.45, 7) is 4.41. The molecule has 1 atom stereocenters. The highest BCUT2D eigenvalue weighted by atomic mass is 16.5. The van der Waals surface area contributed by atoms with Crippen LogP contribution in [0.3, 0.4) is 0 Å². The Hall–Kier alpha value is -3.06. The van der Waals surface area contributed by atoms with Crippen LogP contribution >= 0.6 is 0 Å². The normalized spacial score (nSPS) is 16.7. The van der Waals surface area contributed by atoms with Crippen LogP contribution in [0, 0.1) is 6.92 Å².